The number of rotatable bonds is 6. The molecule has 0 saturated heterocycles. The van der Waals surface area contributed by atoms with E-state index in [1.165, 1.54) is 5.56 Å². The quantitative estimate of drug-likeness (QED) is 0.870. The van der Waals surface area contributed by atoms with Crippen molar-refractivity contribution in [2.45, 2.75) is 26.3 Å². The topological polar surface area (TPSA) is 40.5 Å². The molecule has 0 fully saturated rings. The smallest absolute Gasteiger partial charge is 0.305 e. The predicted molar refractivity (Wildman–Crippen MR) is 85.6 cm³/mol. The van der Waals surface area contributed by atoms with Gasteiger partial charge in [0.15, 0.2) is 0 Å². The standard InChI is InChI=1S/C18H21NO2/c1-14-8-6-7-11-17(14)19(13-12-18(20)21)15(2)16-9-4-3-5-10-16/h3-11,15H,12-13H2,1-2H3,(H,20,21). The van der Waals surface area contributed by atoms with Crippen LogP contribution < -0.4 is 4.90 Å². The third kappa shape index (κ3) is 3.85. The number of para-hydroxylation sites is 1. The Morgan fingerprint density at radius 1 is 1.10 bits per heavy atom. The van der Waals surface area contributed by atoms with E-state index < -0.39 is 5.97 Å². The molecule has 2 aromatic rings. The second-order valence-electron chi connectivity index (χ2n) is 5.21. The first-order chi connectivity index (χ1) is 10.1. The van der Waals surface area contributed by atoms with Crippen molar-refractivity contribution in [2.24, 2.45) is 0 Å². The summed E-state index contributed by atoms with van der Waals surface area (Å²) in [7, 11) is 0. The van der Waals surface area contributed by atoms with Crippen LogP contribution in [0.1, 0.15) is 30.5 Å². The average Bonchev–Trinajstić information content (AvgIpc) is 2.49. The number of aryl methyl sites for hydroxylation is 1. The molecule has 2 rings (SSSR count). The lowest BCUT2D eigenvalue weighted by molar-refractivity contribution is -0.136. The number of hydrogen-bond acceptors (Lipinski definition) is 2. The SMILES string of the molecule is Cc1ccccc1N(CCC(=O)O)C(C)c1ccccc1. The Kier molecular flexibility index (Phi) is 4.99. The normalized spacial score (nSPS) is 11.9. The minimum atomic E-state index is -0.770. The van der Waals surface area contributed by atoms with Crippen LogP contribution in [0.25, 0.3) is 0 Å². The van der Waals surface area contributed by atoms with E-state index in [4.69, 9.17) is 5.11 Å². The molecule has 0 aliphatic rings. The van der Waals surface area contributed by atoms with E-state index in [1.54, 1.807) is 0 Å². The second-order valence-corrected chi connectivity index (χ2v) is 5.21. The van der Waals surface area contributed by atoms with Crippen molar-refractivity contribution in [1.29, 1.82) is 0 Å². The van der Waals surface area contributed by atoms with E-state index in [1.807, 2.05) is 30.3 Å². The van der Waals surface area contributed by atoms with Crippen molar-refractivity contribution in [3.8, 4) is 0 Å². The lowest BCUT2D eigenvalue weighted by atomic mass is 10.0. The van der Waals surface area contributed by atoms with Gasteiger partial charge in [-0.05, 0) is 31.0 Å². The van der Waals surface area contributed by atoms with Crippen LogP contribution in [0.2, 0.25) is 0 Å². The van der Waals surface area contributed by atoms with Crippen molar-refractivity contribution >= 4 is 11.7 Å². The van der Waals surface area contributed by atoms with Gasteiger partial charge in [-0.25, -0.2) is 0 Å². The summed E-state index contributed by atoms with van der Waals surface area (Å²) in [6.45, 7) is 4.67. The molecule has 21 heavy (non-hydrogen) atoms. The predicted octanol–water partition coefficient (Wildman–Crippen LogP) is 4.04. The van der Waals surface area contributed by atoms with Gasteiger partial charge in [0.1, 0.15) is 0 Å². The molecule has 110 valence electrons. The molecule has 0 heterocycles. The Bertz CT molecular complexity index is 595. The first kappa shape index (κ1) is 15.1. The molecule has 1 unspecified atom stereocenters. The largest absolute Gasteiger partial charge is 0.481 e. The summed E-state index contributed by atoms with van der Waals surface area (Å²) in [6, 6.07) is 18.4. The molecule has 0 saturated carbocycles. The van der Waals surface area contributed by atoms with Gasteiger partial charge >= 0.3 is 5.97 Å². The molecule has 0 aromatic heterocycles. The monoisotopic (exact) mass is 283 g/mol. The molecule has 0 amide bonds. The van der Waals surface area contributed by atoms with E-state index in [-0.39, 0.29) is 12.5 Å². The number of hydrogen-bond donors (Lipinski definition) is 1. The molecular weight excluding hydrogens is 262 g/mol. The number of anilines is 1. The minimum absolute atomic E-state index is 0.130. The maximum absolute atomic E-state index is 11.0. The van der Waals surface area contributed by atoms with Crippen LogP contribution >= 0.6 is 0 Å². The van der Waals surface area contributed by atoms with Gasteiger partial charge in [-0.2, -0.15) is 0 Å². The van der Waals surface area contributed by atoms with Crippen LogP contribution in [0.5, 0.6) is 0 Å². The third-order valence-electron chi connectivity index (χ3n) is 3.74. The summed E-state index contributed by atoms with van der Waals surface area (Å²) in [5, 5.41) is 9.00. The molecule has 2 aromatic carbocycles. The molecule has 0 aliphatic heterocycles. The highest BCUT2D eigenvalue weighted by Crippen LogP contribution is 2.29. The van der Waals surface area contributed by atoms with Crippen molar-refractivity contribution in [3.05, 3.63) is 65.7 Å². The number of carbonyl (C=O) groups is 1. The zero-order chi connectivity index (χ0) is 15.2. The number of aliphatic carboxylic acids is 1. The molecule has 3 nitrogen and oxygen atoms in total. The Hall–Kier alpha value is -2.29. The van der Waals surface area contributed by atoms with E-state index >= 15 is 0 Å². The van der Waals surface area contributed by atoms with E-state index in [2.05, 4.69) is 43.0 Å². The number of benzene rings is 2. The molecule has 0 spiro atoms. The van der Waals surface area contributed by atoms with Crippen molar-refractivity contribution in [1.82, 2.24) is 0 Å². The summed E-state index contributed by atoms with van der Waals surface area (Å²) < 4.78 is 0. The van der Waals surface area contributed by atoms with Crippen molar-refractivity contribution in [2.75, 3.05) is 11.4 Å². The fourth-order valence-corrected chi connectivity index (χ4v) is 2.54. The molecule has 0 radical (unpaired) electrons. The fourth-order valence-electron chi connectivity index (χ4n) is 2.54. The molecule has 1 atom stereocenters. The number of nitrogens with zero attached hydrogens (tertiary/aromatic N) is 1. The van der Waals surface area contributed by atoms with Gasteiger partial charge in [-0.1, -0.05) is 48.5 Å². The molecule has 0 aliphatic carbocycles. The zero-order valence-corrected chi connectivity index (χ0v) is 12.5. The van der Waals surface area contributed by atoms with Gasteiger partial charge in [-0.3, -0.25) is 4.79 Å². The molecular formula is C18H21NO2. The van der Waals surface area contributed by atoms with E-state index in [0.29, 0.717) is 6.54 Å². The van der Waals surface area contributed by atoms with Gasteiger partial charge in [0.25, 0.3) is 0 Å². The Labute approximate surface area is 125 Å². The van der Waals surface area contributed by atoms with Crippen LogP contribution in [0.3, 0.4) is 0 Å². The van der Waals surface area contributed by atoms with Crippen LogP contribution in [-0.2, 0) is 4.79 Å². The van der Waals surface area contributed by atoms with Crippen LogP contribution in [0, 0.1) is 6.92 Å². The highest BCUT2D eigenvalue weighted by Gasteiger charge is 2.18. The molecule has 1 N–H and O–H groups in total. The Morgan fingerprint density at radius 3 is 2.33 bits per heavy atom. The van der Waals surface area contributed by atoms with Gasteiger partial charge in [0, 0.05) is 12.2 Å². The highest BCUT2D eigenvalue weighted by molar-refractivity contribution is 5.68. The lowest BCUT2D eigenvalue weighted by Crippen LogP contribution is -2.29. The summed E-state index contributed by atoms with van der Waals surface area (Å²) in [6.07, 6.45) is 0.130. The van der Waals surface area contributed by atoms with E-state index in [9.17, 15) is 4.79 Å². The highest BCUT2D eigenvalue weighted by atomic mass is 16.4. The summed E-state index contributed by atoms with van der Waals surface area (Å²) in [4.78, 5) is 13.1. The van der Waals surface area contributed by atoms with Crippen molar-refractivity contribution in [3.63, 3.8) is 0 Å². The van der Waals surface area contributed by atoms with Crippen LogP contribution in [-0.4, -0.2) is 17.6 Å². The minimum Gasteiger partial charge on any atom is -0.481 e. The first-order valence-electron chi connectivity index (χ1n) is 7.18. The third-order valence-corrected chi connectivity index (χ3v) is 3.74. The number of carboxylic acid groups (broad SMARTS) is 1. The second kappa shape index (κ2) is 6.93. The summed E-state index contributed by atoms with van der Waals surface area (Å²) in [5.41, 5.74) is 3.44. The maximum Gasteiger partial charge on any atom is 0.305 e. The number of carboxylic acids is 1. The van der Waals surface area contributed by atoms with Gasteiger partial charge in [0.05, 0.1) is 12.5 Å². The van der Waals surface area contributed by atoms with Crippen LogP contribution in [0.4, 0.5) is 5.69 Å². The molecule has 3 heteroatoms. The van der Waals surface area contributed by atoms with Crippen molar-refractivity contribution < 1.29 is 9.90 Å². The van der Waals surface area contributed by atoms with Crippen LogP contribution in [0.15, 0.2) is 54.6 Å². The molecule has 0 bridgehead atoms. The maximum atomic E-state index is 11.0. The zero-order valence-electron chi connectivity index (χ0n) is 12.5. The average molecular weight is 283 g/mol. The Morgan fingerprint density at radius 2 is 1.71 bits per heavy atom. The van der Waals surface area contributed by atoms with Gasteiger partial charge < -0.3 is 10.0 Å². The van der Waals surface area contributed by atoms with Gasteiger partial charge in [-0.15, -0.1) is 0 Å². The summed E-state index contributed by atoms with van der Waals surface area (Å²) in [5.74, 6) is -0.770. The fraction of sp³-hybridized carbons (Fsp3) is 0.278. The first-order valence-corrected chi connectivity index (χ1v) is 7.18. The van der Waals surface area contributed by atoms with E-state index in [0.717, 1.165) is 11.3 Å². The summed E-state index contributed by atoms with van der Waals surface area (Å²) >= 11 is 0. The van der Waals surface area contributed by atoms with Gasteiger partial charge in [0.2, 0.25) is 0 Å². The Balaban J connectivity index is 2.32. The lowest BCUT2D eigenvalue weighted by Gasteiger charge is -2.32.